The quantitative estimate of drug-likeness (QED) is 0.366. The molecule has 0 spiro atoms. The third-order valence-corrected chi connectivity index (χ3v) is 8.14. The summed E-state index contributed by atoms with van der Waals surface area (Å²) in [6, 6.07) is 13.9. The van der Waals surface area contributed by atoms with Crippen LogP contribution >= 0.6 is 11.6 Å². The Kier molecular flexibility index (Phi) is 7.40. The van der Waals surface area contributed by atoms with E-state index < -0.39 is 0 Å². The van der Waals surface area contributed by atoms with Crippen LogP contribution in [0.5, 0.6) is 0 Å². The van der Waals surface area contributed by atoms with E-state index in [0.29, 0.717) is 11.4 Å². The van der Waals surface area contributed by atoms with E-state index in [4.69, 9.17) is 11.6 Å². The number of halogens is 1. The van der Waals surface area contributed by atoms with E-state index >= 15 is 0 Å². The van der Waals surface area contributed by atoms with Gasteiger partial charge in [0.15, 0.2) is 5.82 Å². The van der Waals surface area contributed by atoms with E-state index in [2.05, 4.69) is 82.3 Å². The third-order valence-electron chi connectivity index (χ3n) is 7.88. The molecule has 1 aliphatic rings. The zero-order valence-corrected chi connectivity index (χ0v) is 23.6. The van der Waals surface area contributed by atoms with Crippen molar-refractivity contribution in [1.29, 1.82) is 0 Å². The number of pyridine rings is 1. The summed E-state index contributed by atoms with van der Waals surface area (Å²) in [5, 5.41) is 14.8. The summed E-state index contributed by atoms with van der Waals surface area (Å²) in [6.45, 7) is 14.7. The fraction of sp³-hybridized carbons (Fsp3) is 0.448. The number of nitrogens with one attached hydrogen (secondary N) is 1. The largest absolute Gasteiger partial charge is 0.321 e. The van der Waals surface area contributed by atoms with E-state index in [9.17, 15) is 4.79 Å². The fourth-order valence-electron chi connectivity index (χ4n) is 5.38. The molecule has 0 bridgehead atoms. The average molecular weight is 534 g/mol. The number of H-pyrrole nitrogens is 1. The zero-order valence-electron chi connectivity index (χ0n) is 22.8. The Morgan fingerprint density at radius 1 is 1.05 bits per heavy atom. The second kappa shape index (κ2) is 10.6. The van der Waals surface area contributed by atoms with Crippen molar-refractivity contribution in [3.63, 3.8) is 0 Å². The average Bonchev–Trinajstić information content (AvgIpc) is 3.38. The molecule has 200 valence electrons. The minimum atomic E-state index is -0.359. The van der Waals surface area contributed by atoms with Gasteiger partial charge < -0.3 is 4.98 Å². The van der Waals surface area contributed by atoms with Crippen molar-refractivity contribution in [1.82, 2.24) is 35.0 Å². The van der Waals surface area contributed by atoms with Crippen LogP contribution in [0, 0.1) is 13.8 Å². The van der Waals surface area contributed by atoms with Gasteiger partial charge in [0.2, 0.25) is 0 Å². The fourth-order valence-corrected chi connectivity index (χ4v) is 5.51. The van der Waals surface area contributed by atoms with Crippen molar-refractivity contribution in [2.24, 2.45) is 0 Å². The van der Waals surface area contributed by atoms with Crippen molar-refractivity contribution in [3.05, 3.63) is 85.9 Å². The number of aromatic nitrogens is 5. The lowest BCUT2D eigenvalue weighted by Gasteiger charge is -2.39. The number of rotatable bonds is 7. The second-order valence-electron chi connectivity index (χ2n) is 11.1. The maximum atomic E-state index is 13.6. The van der Waals surface area contributed by atoms with Crippen LogP contribution in [0.15, 0.2) is 47.3 Å². The molecule has 1 N–H and O–H groups in total. The van der Waals surface area contributed by atoms with Gasteiger partial charge in [0.05, 0.1) is 11.1 Å². The van der Waals surface area contributed by atoms with Crippen molar-refractivity contribution >= 4 is 22.5 Å². The van der Waals surface area contributed by atoms with Crippen LogP contribution in [0.4, 0.5) is 0 Å². The van der Waals surface area contributed by atoms with Crippen LogP contribution in [0.25, 0.3) is 10.9 Å². The van der Waals surface area contributed by atoms with Gasteiger partial charge in [-0.3, -0.25) is 14.6 Å². The molecule has 1 atom stereocenters. The van der Waals surface area contributed by atoms with Gasteiger partial charge in [0.25, 0.3) is 5.56 Å². The number of hydrogen-bond acceptors (Lipinski definition) is 6. The highest BCUT2D eigenvalue weighted by molar-refractivity contribution is 6.30. The third kappa shape index (κ3) is 5.25. The first kappa shape index (κ1) is 26.5. The van der Waals surface area contributed by atoms with Crippen LogP contribution < -0.4 is 5.56 Å². The summed E-state index contributed by atoms with van der Waals surface area (Å²) in [5.41, 5.74) is 4.64. The number of fused-ring (bicyclic) bond motifs is 1. The first-order valence-corrected chi connectivity index (χ1v) is 13.7. The topological polar surface area (TPSA) is 82.9 Å². The summed E-state index contributed by atoms with van der Waals surface area (Å²) in [6.07, 6.45) is 0.860. The number of tetrazole rings is 1. The first-order valence-electron chi connectivity index (χ1n) is 13.3. The molecule has 2 aromatic heterocycles. The molecule has 0 saturated carbocycles. The molecule has 0 aliphatic carbocycles. The number of aryl methyl sites for hydroxylation is 2. The summed E-state index contributed by atoms with van der Waals surface area (Å²) in [7, 11) is 0. The van der Waals surface area contributed by atoms with E-state index in [1.54, 1.807) is 0 Å². The van der Waals surface area contributed by atoms with E-state index in [1.165, 1.54) is 5.56 Å². The van der Waals surface area contributed by atoms with Gasteiger partial charge in [-0.2, -0.15) is 0 Å². The maximum Gasteiger partial charge on any atom is 0.253 e. The highest BCUT2D eigenvalue weighted by Gasteiger charge is 2.35. The van der Waals surface area contributed by atoms with Crippen molar-refractivity contribution in [2.75, 3.05) is 26.2 Å². The number of benzene rings is 2. The lowest BCUT2D eigenvalue weighted by atomic mass is 9.98. The van der Waals surface area contributed by atoms with Crippen LogP contribution in [-0.4, -0.2) is 61.2 Å². The van der Waals surface area contributed by atoms with Crippen LogP contribution in [0.3, 0.4) is 0 Å². The summed E-state index contributed by atoms with van der Waals surface area (Å²) < 4.78 is 1.91. The number of hydrogen-bond donors (Lipinski definition) is 1. The van der Waals surface area contributed by atoms with Crippen LogP contribution in [0.1, 0.15) is 61.3 Å². The zero-order chi connectivity index (χ0) is 27.0. The van der Waals surface area contributed by atoms with Gasteiger partial charge in [-0.05, 0) is 85.3 Å². The lowest BCUT2D eigenvalue weighted by Crippen LogP contribution is -2.49. The Bertz CT molecular complexity index is 1480. The second-order valence-corrected chi connectivity index (χ2v) is 11.5. The molecule has 5 rings (SSSR count). The SMILES string of the molecule is CCC(C)(C)n1nnnc1[C@H](c1cc2cc(C)cc(C)c2[nH]c1=O)N1CCN(Cc2ccc(Cl)cc2)CC1. The highest BCUT2D eigenvalue weighted by atomic mass is 35.5. The summed E-state index contributed by atoms with van der Waals surface area (Å²) in [5.74, 6) is 0.706. The Hall–Kier alpha value is -3.07. The smallest absolute Gasteiger partial charge is 0.253 e. The van der Waals surface area contributed by atoms with Gasteiger partial charge in [-0.25, -0.2) is 4.68 Å². The van der Waals surface area contributed by atoms with Crippen molar-refractivity contribution in [2.45, 2.75) is 59.2 Å². The van der Waals surface area contributed by atoms with Gasteiger partial charge >= 0.3 is 0 Å². The van der Waals surface area contributed by atoms with Gasteiger partial charge in [-0.1, -0.05) is 42.3 Å². The minimum Gasteiger partial charge on any atom is -0.321 e. The van der Waals surface area contributed by atoms with E-state index in [-0.39, 0.29) is 17.1 Å². The summed E-state index contributed by atoms with van der Waals surface area (Å²) in [4.78, 5) is 21.6. The van der Waals surface area contributed by atoms with Crippen molar-refractivity contribution < 1.29 is 0 Å². The molecule has 4 aromatic rings. The molecule has 9 heteroatoms. The Morgan fingerprint density at radius 2 is 1.76 bits per heavy atom. The molecular weight excluding hydrogens is 498 g/mol. The maximum absolute atomic E-state index is 13.6. The predicted octanol–water partition coefficient (Wildman–Crippen LogP) is 4.84. The van der Waals surface area contributed by atoms with Crippen molar-refractivity contribution in [3.8, 4) is 0 Å². The molecule has 2 aromatic carbocycles. The molecule has 0 amide bonds. The summed E-state index contributed by atoms with van der Waals surface area (Å²) >= 11 is 6.07. The van der Waals surface area contributed by atoms with Gasteiger partial charge in [-0.15, -0.1) is 5.10 Å². The molecular formula is C29H36ClN7O. The Morgan fingerprint density at radius 3 is 2.45 bits per heavy atom. The Labute approximate surface area is 228 Å². The van der Waals surface area contributed by atoms with E-state index in [0.717, 1.165) is 66.2 Å². The van der Waals surface area contributed by atoms with Gasteiger partial charge in [0.1, 0.15) is 6.04 Å². The number of aromatic amines is 1. The predicted molar refractivity (Wildman–Crippen MR) is 152 cm³/mol. The minimum absolute atomic E-state index is 0.0955. The Balaban J connectivity index is 1.52. The lowest BCUT2D eigenvalue weighted by molar-refractivity contribution is 0.0968. The van der Waals surface area contributed by atoms with Crippen LogP contribution in [-0.2, 0) is 12.1 Å². The van der Waals surface area contributed by atoms with Crippen LogP contribution in [0.2, 0.25) is 5.02 Å². The molecule has 1 aliphatic heterocycles. The molecule has 38 heavy (non-hydrogen) atoms. The molecule has 8 nitrogen and oxygen atoms in total. The molecule has 3 heterocycles. The molecule has 1 fully saturated rings. The molecule has 1 saturated heterocycles. The monoisotopic (exact) mass is 533 g/mol. The van der Waals surface area contributed by atoms with E-state index in [1.807, 2.05) is 29.8 Å². The standard InChI is InChI=1S/C29H36ClN7O/c1-6-29(4,5)37-27(32-33-34-37)26(24-17-22-16-19(2)15-20(3)25(22)31-28(24)38)36-13-11-35(12-14-36)18-21-7-9-23(30)10-8-21/h7-10,15-17,26H,6,11-14,18H2,1-5H3,(H,31,38)/t26-/m0/s1. The van der Waals surface area contributed by atoms with Gasteiger partial charge in [0, 0.05) is 43.3 Å². The molecule has 0 radical (unpaired) electrons. The normalized spacial score (nSPS) is 16.3. The number of piperazine rings is 1. The molecule has 0 unspecified atom stereocenters. The first-order chi connectivity index (χ1) is 18.2. The number of nitrogens with zero attached hydrogens (tertiary/aromatic N) is 6. The highest BCUT2D eigenvalue weighted by Crippen LogP contribution is 2.32.